The molecule has 0 aliphatic carbocycles. The van der Waals surface area contributed by atoms with Crippen molar-refractivity contribution in [3.63, 3.8) is 0 Å². The number of ketones is 1. The van der Waals surface area contributed by atoms with Crippen LogP contribution in [0.1, 0.15) is 90.2 Å². The van der Waals surface area contributed by atoms with Gasteiger partial charge in [-0.15, -0.1) is 20.4 Å². The number of hydrogen-bond donors (Lipinski definition) is 1. The first-order valence-corrected chi connectivity index (χ1v) is 26.6. The number of hydrogen-bond acceptors (Lipinski definition) is 16. The number of nitrogens with one attached hydrogen (secondary N) is 1. The molecular weight excluding hydrogens is 1030 g/mol. The van der Waals surface area contributed by atoms with Gasteiger partial charge in [0, 0.05) is 58.3 Å². The average molecular weight is 1100 g/mol. The van der Waals surface area contributed by atoms with Gasteiger partial charge in [-0.3, -0.25) is 28.7 Å². The number of Topliss-reactive ketones (excluding diaryl/α,β-unsaturated/α-hetero) is 1. The lowest BCUT2D eigenvalue weighted by molar-refractivity contribution is -0.121. The van der Waals surface area contributed by atoms with Crippen LogP contribution in [0.4, 0.5) is 0 Å². The van der Waals surface area contributed by atoms with Gasteiger partial charge in [-0.25, -0.2) is 0 Å². The molecule has 1 N–H and O–H groups in total. The van der Waals surface area contributed by atoms with Crippen LogP contribution >= 0.6 is 23.2 Å². The first-order chi connectivity index (χ1) is 37.6. The summed E-state index contributed by atoms with van der Waals surface area (Å²) in [4.78, 5) is 36.4. The average Bonchev–Trinajstić information content (AvgIpc) is 3.98. The standard InChI is InChI=1S/C56H65Cl2N9O10/c1-5-59-52(69)36-49-56-65-63-38(3)67(56)51-19-17-45(35-47(51)54(61-49)40-10-14-42(58)15-11-40)77-32-31-76-30-29-75-28-27-74-26-25-73-24-23-72-22-21-71-20-6-7-43(68)33-48-55-64-62-37(2)66(55)50-18-16-44(70-4)34-46(50)53(60-48)39-8-12-41(57)13-9-39/h8-19,34-35,48-49H,5-7,20-33,36H2,1-4H3,(H,59,69)/t48-,49-/m0/s1. The summed E-state index contributed by atoms with van der Waals surface area (Å²) < 4.78 is 49.7. The van der Waals surface area contributed by atoms with E-state index in [1.54, 1.807) is 7.11 Å². The molecule has 8 rings (SSSR count). The number of carbonyl (C=O) groups excluding carboxylic acids is 2. The van der Waals surface area contributed by atoms with Gasteiger partial charge in [0.05, 0.1) is 109 Å². The lowest BCUT2D eigenvalue weighted by Gasteiger charge is -2.15. The minimum Gasteiger partial charge on any atom is -0.497 e. The van der Waals surface area contributed by atoms with Crippen LogP contribution < -0.4 is 14.8 Å². The van der Waals surface area contributed by atoms with Gasteiger partial charge in [-0.05, 0) is 87.9 Å². The van der Waals surface area contributed by atoms with Gasteiger partial charge in [0.1, 0.15) is 47.6 Å². The number of carbonyl (C=O) groups is 2. The SMILES string of the molecule is CCNC(=O)C[C@@H]1N=C(c2ccc(Cl)cc2)c2cc(OCCOCCOCCOCCOCCOCCOCCCC(=O)C[C@@H]3N=C(c4ccc(Cl)cc4)c4cc(OC)ccc4-n4c(C)nnc43)ccc2-n2c(C)nnc21. The molecular formula is C56H65Cl2N9O10. The molecule has 1 amide bonds. The number of aryl methyl sites for hydroxylation is 2. The van der Waals surface area contributed by atoms with Crippen molar-refractivity contribution in [3.05, 3.63) is 141 Å². The molecule has 2 aliphatic rings. The molecule has 0 unspecified atom stereocenters. The molecule has 2 aromatic heterocycles. The Hall–Kier alpha value is -6.42. The van der Waals surface area contributed by atoms with Crippen LogP contribution in [0, 0.1) is 13.8 Å². The summed E-state index contributed by atoms with van der Waals surface area (Å²) in [6.45, 7) is 11.5. The van der Waals surface area contributed by atoms with E-state index < -0.39 is 12.1 Å². The molecule has 0 saturated heterocycles. The predicted octanol–water partition coefficient (Wildman–Crippen LogP) is 8.01. The van der Waals surface area contributed by atoms with Crippen molar-refractivity contribution in [2.75, 3.05) is 99.5 Å². The van der Waals surface area contributed by atoms with Crippen LogP contribution in [0.25, 0.3) is 11.4 Å². The minimum atomic E-state index is -0.565. The second kappa shape index (κ2) is 28.8. The summed E-state index contributed by atoms with van der Waals surface area (Å²) in [7, 11) is 1.63. The third-order valence-corrected chi connectivity index (χ3v) is 13.0. The molecule has 2 aliphatic heterocycles. The minimum absolute atomic E-state index is 0.0551. The van der Waals surface area contributed by atoms with E-state index in [1.165, 1.54) is 0 Å². The van der Waals surface area contributed by atoms with E-state index in [-0.39, 0.29) is 24.5 Å². The van der Waals surface area contributed by atoms with Crippen molar-refractivity contribution < 1.29 is 47.5 Å². The Balaban J connectivity index is 0.649. The third-order valence-electron chi connectivity index (χ3n) is 12.5. The number of aromatic nitrogens is 6. The highest BCUT2D eigenvalue weighted by molar-refractivity contribution is 6.31. The largest absolute Gasteiger partial charge is 0.497 e. The highest BCUT2D eigenvalue weighted by Crippen LogP contribution is 2.37. The van der Waals surface area contributed by atoms with Gasteiger partial charge in [0.15, 0.2) is 11.6 Å². The zero-order valence-electron chi connectivity index (χ0n) is 43.9. The van der Waals surface area contributed by atoms with E-state index in [9.17, 15) is 9.59 Å². The van der Waals surface area contributed by atoms with E-state index >= 15 is 0 Å². The highest BCUT2D eigenvalue weighted by atomic mass is 35.5. The van der Waals surface area contributed by atoms with Gasteiger partial charge < -0.3 is 43.2 Å². The summed E-state index contributed by atoms with van der Waals surface area (Å²) in [5.41, 5.74) is 6.47. The van der Waals surface area contributed by atoms with Crippen molar-refractivity contribution >= 4 is 46.3 Å². The zero-order valence-corrected chi connectivity index (χ0v) is 45.4. The van der Waals surface area contributed by atoms with Crippen LogP contribution in [0.5, 0.6) is 11.5 Å². The first kappa shape index (κ1) is 56.8. The Morgan fingerprint density at radius 1 is 0.545 bits per heavy atom. The second-order valence-electron chi connectivity index (χ2n) is 18.0. The van der Waals surface area contributed by atoms with Crippen LogP contribution in [-0.4, -0.2) is 152 Å². The van der Waals surface area contributed by atoms with E-state index in [4.69, 9.17) is 71.1 Å². The summed E-state index contributed by atoms with van der Waals surface area (Å²) >= 11 is 12.5. The van der Waals surface area contributed by atoms with Crippen molar-refractivity contribution in [3.8, 4) is 22.9 Å². The molecule has 2 atom stereocenters. The first-order valence-electron chi connectivity index (χ1n) is 25.8. The van der Waals surface area contributed by atoms with Crippen molar-refractivity contribution in [2.45, 2.75) is 58.5 Å². The summed E-state index contributed by atoms with van der Waals surface area (Å²) in [6.07, 6.45) is 1.20. The van der Waals surface area contributed by atoms with E-state index in [1.807, 2.05) is 115 Å². The van der Waals surface area contributed by atoms with Crippen LogP contribution in [0.2, 0.25) is 10.0 Å². The molecule has 0 fully saturated rings. The van der Waals surface area contributed by atoms with Gasteiger partial charge in [-0.1, -0.05) is 47.5 Å². The summed E-state index contributed by atoms with van der Waals surface area (Å²) in [6, 6.07) is 25.4. The molecule has 0 spiro atoms. The van der Waals surface area contributed by atoms with E-state index in [0.717, 1.165) is 39.3 Å². The number of rotatable bonds is 31. The number of benzene rings is 4. The van der Waals surface area contributed by atoms with Gasteiger partial charge in [0.2, 0.25) is 5.91 Å². The Morgan fingerprint density at radius 3 is 1.44 bits per heavy atom. The maximum atomic E-state index is 13.4. The molecule has 0 radical (unpaired) electrons. The van der Waals surface area contributed by atoms with Gasteiger partial charge in [0.25, 0.3) is 0 Å². The summed E-state index contributed by atoms with van der Waals surface area (Å²) in [5.74, 6) is 3.83. The monoisotopic (exact) mass is 1090 g/mol. The van der Waals surface area contributed by atoms with Crippen LogP contribution in [-0.2, 0) is 38.0 Å². The fourth-order valence-corrected chi connectivity index (χ4v) is 9.12. The molecule has 408 valence electrons. The zero-order chi connectivity index (χ0) is 53.9. The van der Waals surface area contributed by atoms with Crippen molar-refractivity contribution in [1.29, 1.82) is 0 Å². The number of nitrogens with zero attached hydrogens (tertiary/aromatic N) is 8. The van der Waals surface area contributed by atoms with Crippen molar-refractivity contribution in [1.82, 2.24) is 34.8 Å². The van der Waals surface area contributed by atoms with Crippen molar-refractivity contribution in [2.24, 2.45) is 9.98 Å². The molecule has 19 nitrogen and oxygen atoms in total. The van der Waals surface area contributed by atoms with Gasteiger partial charge >= 0.3 is 0 Å². The topological polar surface area (TPSA) is 206 Å². The second-order valence-corrected chi connectivity index (χ2v) is 18.8. The highest BCUT2D eigenvalue weighted by Gasteiger charge is 2.32. The van der Waals surface area contributed by atoms with E-state index in [0.29, 0.717) is 156 Å². The lowest BCUT2D eigenvalue weighted by Crippen LogP contribution is -2.25. The Labute approximate surface area is 458 Å². The Morgan fingerprint density at radius 2 is 0.974 bits per heavy atom. The molecule has 4 heterocycles. The lowest BCUT2D eigenvalue weighted by atomic mass is 9.99. The van der Waals surface area contributed by atoms with Crippen LogP contribution in [0.3, 0.4) is 0 Å². The molecule has 0 saturated carbocycles. The number of ether oxygens (including phenoxy) is 8. The Kier molecular flexibility index (Phi) is 21.2. The quantitative estimate of drug-likeness (QED) is 0.0410. The molecule has 6 aromatic rings. The molecule has 21 heteroatoms. The predicted molar refractivity (Wildman–Crippen MR) is 291 cm³/mol. The number of methoxy groups -OCH3 is 1. The number of fused-ring (bicyclic) bond motifs is 6. The molecule has 4 aromatic carbocycles. The molecule has 0 bridgehead atoms. The van der Waals surface area contributed by atoms with Crippen LogP contribution in [0.15, 0.2) is 94.9 Å². The van der Waals surface area contributed by atoms with E-state index in [2.05, 4.69) is 25.7 Å². The maximum Gasteiger partial charge on any atom is 0.222 e. The fraction of sp³-hybridized carbons (Fsp3) is 0.429. The number of amides is 1. The Bertz CT molecular complexity index is 2970. The smallest absolute Gasteiger partial charge is 0.222 e. The van der Waals surface area contributed by atoms with Gasteiger partial charge in [-0.2, -0.15) is 0 Å². The molecule has 77 heavy (non-hydrogen) atoms. The normalized spacial score (nSPS) is 14.6. The number of halogens is 2. The number of aliphatic imine (C=N–C) groups is 2. The maximum absolute atomic E-state index is 13.4. The third kappa shape index (κ3) is 15.4. The fourth-order valence-electron chi connectivity index (χ4n) is 8.87. The summed E-state index contributed by atoms with van der Waals surface area (Å²) in [5, 5.41) is 21.7.